The van der Waals surface area contributed by atoms with Crippen LogP contribution in [0.3, 0.4) is 0 Å². The number of nitrogens with two attached hydrogens (primary N) is 1. The highest BCUT2D eigenvalue weighted by atomic mass is 35.5. The van der Waals surface area contributed by atoms with E-state index < -0.39 is 0 Å². The van der Waals surface area contributed by atoms with Gasteiger partial charge in [-0.15, -0.1) is 12.4 Å². The van der Waals surface area contributed by atoms with Crippen LogP contribution < -0.4 is 10.5 Å². The minimum atomic E-state index is 0. The Morgan fingerprint density at radius 2 is 2.10 bits per heavy atom. The summed E-state index contributed by atoms with van der Waals surface area (Å²) in [5.41, 5.74) is 8.65. The van der Waals surface area contributed by atoms with Crippen LogP contribution in [0.15, 0.2) is 18.2 Å². The number of methoxy groups -OCH3 is 1. The van der Waals surface area contributed by atoms with Crippen LogP contribution in [0.1, 0.15) is 37.3 Å². The standard InChI is InChI=1S/C17H27NO2.ClH/c1-3-16(18)11-15-10-13(8-9-19-2)6-7-17(15)20-12-14-4-5-14;/h6-7,10,14,16H,3-5,8-9,11-12,18H2,1-2H3;1H. The number of benzene rings is 1. The monoisotopic (exact) mass is 313 g/mol. The number of rotatable bonds is 9. The summed E-state index contributed by atoms with van der Waals surface area (Å²) in [4.78, 5) is 0. The predicted octanol–water partition coefficient (Wildman–Crippen LogP) is 3.37. The molecule has 1 aromatic carbocycles. The van der Waals surface area contributed by atoms with E-state index in [9.17, 15) is 0 Å². The lowest BCUT2D eigenvalue weighted by Gasteiger charge is -2.16. The van der Waals surface area contributed by atoms with Gasteiger partial charge in [0.2, 0.25) is 0 Å². The maximum Gasteiger partial charge on any atom is 0.122 e. The number of halogens is 1. The first-order valence-corrected chi connectivity index (χ1v) is 7.72. The highest BCUT2D eigenvalue weighted by Crippen LogP contribution is 2.31. The van der Waals surface area contributed by atoms with Crippen molar-refractivity contribution in [2.24, 2.45) is 11.7 Å². The van der Waals surface area contributed by atoms with Crippen molar-refractivity contribution in [3.05, 3.63) is 29.3 Å². The molecule has 0 bridgehead atoms. The third-order valence-electron chi connectivity index (χ3n) is 3.90. The molecule has 0 spiro atoms. The molecule has 0 amide bonds. The second-order valence-electron chi connectivity index (χ2n) is 5.81. The lowest BCUT2D eigenvalue weighted by Crippen LogP contribution is -2.22. The molecule has 0 heterocycles. The molecule has 0 aliphatic heterocycles. The van der Waals surface area contributed by atoms with E-state index in [4.69, 9.17) is 15.2 Å². The molecule has 0 radical (unpaired) electrons. The Hall–Kier alpha value is -0.770. The summed E-state index contributed by atoms with van der Waals surface area (Å²) in [6.45, 7) is 3.73. The minimum absolute atomic E-state index is 0. The van der Waals surface area contributed by atoms with Crippen molar-refractivity contribution in [1.29, 1.82) is 0 Å². The first-order valence-electron chi connectivity index (χ1n) is 7.72. The highest BCUT2D eigenvalue weighted by Gasteiger charge is 2.22. The van der Waals surface area contributed by atoms with E-state index in [1.165, 1.54) is 24.0 Å². The molecule has 1 saturated carbocycles. The zero-order valence-corrected chi connectivity index (χ0v) is 14.0. The van der Waals surface area contributed by atoms with Crippen molar-refractivity contribution in [3.8, 4) is 5.75 Å². The molecular weight excluding hydrogens is 286 g/mol. The molecule has 2 N–H and O–H groups in total. The fourth-order valence-electron chi connectivity index (χ4n) is 2.23. The average Bonchev–Trinajstić information content (AvgIpc) is 3.28. The summed E-state index contributed by atoms with van der Waals surface area (Å²) in [6, 6.07) is 6.68. The van der Waals surface area contributed by atoms with Gasteiger partial charge in [-0.2, -0.15) is 0 Å². The first kappa shape index (κ1) is 18.3. The van der Waals surface area contributed by atoms with Gasteiger partial charge in [-0.3, -0.25) is 0 Å². The Morgan fingerprint density at radius 3 is 2.71 bits per heavy atom. The van der Waals surface area contributed by atoms with Gasteiger partial charge in [0.05, 0.1) is 13.2 Å². The van der Waals surface area contributed by atoms with Crippen molar-refractivity contribution in [3.63, 3.8) is 0 Å². The molecule has 0 saturated heterocycles. The van der Waals surface area contributed by atoms with Crippen LogP contribution in [0.25, 0.3) is 0 Å². The maximum absolute atomic E-state index is 6.11. The van der Waals surface area contributed by atoms with Gasteiger partial charge in [-0.1, -0.05) is 19.1 Å². The van der Waals surface area contributed by atoms with Crippen molar-refractivity contribution >= 4 is 12.4 Å². The van der Waals surface area contributed by atoms with E-state index in [1.54, 1.807) is 7.11 Å². The highest BCUT2D eigenvalue weighted by molar-refractivity contribution is 5.85. The van der Waals surface area contributed by atoms with Crippen LogP contribution >= 0.6 is 12.4 Å². The summed E-state index contributed by atoms with van der Waals surface area (Å²) < 4.78 is 11.1. The molecule has 1 atom stereocenters. The summed E-state index contributed by atoms with van der Waals surface area (Å²) in [6.07, 6.45) is 5.45. The van der Waals surface area contributed by atoms with Crippen molar-refractivity contribution in [2.75, 3.05) is 20.3 Å². The van der Waals surface area contributed by atoms with Crippen LogP contribution in [-0.2, 0) is 17.6 Å². The number of hydrogen-bond donors (Lipinski definition) is 1. The van der Waals surface area contributed by atoms with Crippen molar-refractivity contribution in [1.82, 2.24) is 0 Å². The van der Waals surface area contributed by atoms with Gasteiger partial charge >= 0.3 is 0 Å². The molecule has 120 valence electrons. The smallest absolute Gasteiger partial charge is 0.122 e. The van der Waals surface area contributed by atoms with E-state index in [0.29, 0.717) is 0 Å². The Labute approximate surface area is 134 Å². The summed E-state index contributed by atoms with van der Waals surface area (Å²) in [5.74, 6) is 1.79. The van der Waals surface area contributed by atoms with E-state index in [-0.39, 0.29) is 18.4 Å². The Balaban J connectivity index is 0.00000220. The van der Waals surface area contributed by atoms with Crippen molar-refractivity contribution in [2.45, 2.75) is 45.1 Å². The molecule has 1 fully saturated rings. The molecule has 0 aromatic heterocycles. The molecule has 21 heavy (non-hydrogen) atoms. The van der Waals surface area contributed by atoms with E-state index in [1.807, 2.05) is 0 Å². The van der Waals surface area contributed by atoms with Crippen molar-refractivity contribution < 1.29 is 9.47 Å². The largest absolute Gasteiger partial charge is 0.493 e. The van der Waals surface area contributed by atoms with E-state index in [0.717, 1.165) is 44.1 Å². The molecule has 4 heteroatoms. The summed E-state index contributed by atoms with van der Waals surface area (Å²) in [7, 11) is 1.74. The Kier molecular flexibility index (Phi) is 8.09. The van der Waals surface area contributed by atoms with Gasteiger partial charge in [0.1, 0.15) is 5.75 Å². The predicted molar refractivity (Wildman–Crippen MR) is 89.5 cm³/mol. The normalized spacial score (nSPS) is 15.4. The Bertz CT molecular complexity index is 421. The quantitative estimate of drug-likeness (QED) is 0.760. The summed E-state index contributed by atoms with van der Waals surface area (Å²) >= 11 is 0. The number of ether oxygens (including phenoxy) is 2. The molecule has 1 aliphatic rings. The molecule has 1 aromatic rings. The average molecular weight is 314 g/mol. The SMILES string of the molecule is CCC(N)Cc1cc(CCOC)ccc1OCC1CC1.Cl. The van der Waals surface area contributed by atoms with Crippen LogP contribution in [0.5, 0.6) is 5.75 Å². The lowest BCUT2D eigenvalue weighted by atomic mass is 10.0. The number of hydrogen-bond acceptors (Lipinski definition) is 3. The van der Waals surface area contributed by atoms with Crippen LogP contribution in [0.4, 0.5) is 0 Å². The molecule has 1 unspecified atom stereocenters. The molecule has 3 nitrogen and oxygen atoms in total. The maximum atomic E-state index is 6.11. The topological polar surface area (TPSA) is 44.5 Å². The third-order valence-corrected chi connectivity index (χ3v) is 3.90. The van der Waals surface area contributed by atoms with Crippen LogP contribution in [0, 0.1) is 5.92 Å². The first-order chi connectivity index (χ1) is 9.72. The van der Waals surface area contributed by atoms with Crippen LogP contribution in [0.2, 0.25) is 0 Å². The molecule has 1 aliphatic carbocycles. The third kappa shape index (κ3) is 6.25. The second-order valence-corrected chi connectivity index (χ2v) is 5.81. The van der Waals surface area contributed by atoms with Crippen LogP contribution in [-0.4, -0.2) is 26.4 Å². The fourth-order valence-corrected chi connectivity index (χ4v) is 2.23. The van der Waals surface area contributed by atoms with Gasteiger partial charge < -0.3 is 15.2 Å². The van der Waals surface area contributed by atoms with Gasteiger partial charge in [-0.05, 0) is 55.2 Å². The zero-order valence-electron chi connectivity index (χ0n) is 13.1. The molecule has 2 rings (SSSR count). The molecular formula is C17H28ClNO2. The Morgan fingerprint density at radius 1 is 1.33 bits per heavy atom. The summed E-state index contributed by atoms with van der Waals surface area (Å²) in [5, 5.41) is 0. The second kappa shape index (κ2) is 9.29. The van der Waals surface area contributed by atoms with Gasteiger partial charge in [0.15, 0.2) is 0 Å². The van der Waals surface area contributed by atoms with E-state index >= 15 is 0 Å². The fraction of sp³-hybridized carbons (Fsp3) is 0.647. The minimum Gasteiger partial charge on any atom is -0.493 e. The van der Waals surface area contributed by atoms with Gasteiger partial charge in [-0.25, -0.2) is 0 Å². The van der Waals surface area contributed by atoms with Gasteiger partial charge in [0, 0.05) is 13.2 Å². The zero-order chi connectivity index (χ0) is 14.4. The lowest BCUT2D eigenvalue weighted by molar-refractivity contribution is 0.202. The van der Waals surface area contributed by atoms with E-state index in [2.05, 4.69) is 25.1 Å². The van der Waals surface area contributed by atoms with Gasteiger partial charge in [0.25, 0.3) is 0 Å².